The van der Waals surface area contributed by atoms with Gasteiger partial charge >= 0.3 is 0 Å². The number of rotatable bonds is 7. The van der Waals surface area contributed by atoms with Gasteiger partial charge in [0.15, 0.2) is 11.5 Å². The van der Waals surface area contributed by atoms with E-state index in [0.29, 0.717) is 18.1 Å². The highest BCUT2D eigenvalue weighted by atomic mass is 16.5. The number of ether oxygens (including phenoxy) is 3. The number of methoxy groups -OCH3 is 2. The molecule has 2 unspecified atom stereocenters. The highest BCUT2D eigenvalue weighted by Crippen LogP contribution is 2.38. The second-order valence-corrected chi connectivity index (χ2v) is 6.65. The standard InChI is InChI=1S/C23H24N2O3/c1-26-21-13-17(10-11-20(21)28-15-16-7-4-3-5-8-16)22(27-2)19-14-25-23-18(19)9-6-12-24-23/h3-14,22-25H,15H2,1-2H3. The summed E-state index contributed by atoms with van der Waals surface area (Å²) in [6, 6.07) is 16.0. The minimum atomic E-state index is -0.200. The number of hydrogen-bond acceptors (Lipinski definition) is 5. The van der Waals surface area contributed by atoms with Gasteiger partial charge in [-0.25, -0.2) is 0 Å². The van der Waals surface area contributed by atoms with Gasteiger partial charge in [0.2, 0.25) is 0 Å². The summed E-state index contributed by atoms with van der Waals surface area (Å²) in [4.78, 5) is 0. The van der Waals surface area contributed by atoms with Crippen LogP contribution < -0.4 is 20.1 Å². The van der Waals surface area contributed by atoms with Crippen LogP contribution in [0.2, 0.25) is 0 Å². The maximum Gasteiger partial charge on any atom is 0.161 e. The van der Waals surface area contributed by atoms with E-state index in [9.17, 15) is 0 Å². The quantitative estimate of drug-likeness (QED) is 0.769. The van der Waals surface area contributed by atoms with Crippen molar-refractivity contribution in [1.29, 1.82) is 0 Å². The molecule has 28 heavy (non-hydrogen) atoms. The maximum atomic E-state index is 5.97. The van der Waals surface area contributed by atoms with Gasteiger partial charge in [0.25, 0.3) is 0 Å². The molecule has 0 spiro atoms. The molecule has 0 aromatic heterocycles. The molecule has 2 aliphatic heterocycles. The topological polar surface area (TPSA) is 51.8 Å². The number of fused-ring (bicyclic) bond motifs is 1. The van der Waals surface area contributed by atoms with E-state index in [1.165, 1.54) is 5.57 Å². The third-order valence-electron chi connectivity index (χ3n) is 4.93. The van der Waals surface area contributed by atoms with Gasteiger partial charge in [0.05, 0.1) is 7.11 Å². The Morgan fingerprint density at radius 2 is 1.86 bits per heavy atom. The molecule has 2 N–H and O–H groups in total. The van der Waals surface area contributed by atoms with E-state index in [0.717, 1.165) is 16.7 Å². The average Bonchev–Trinajstić information content (AvgIpc) is 3.18. The molecule has 0 saturated carbocycles. The highest BCUT2D eigenvalue weighted by Gasteiger charge is 2.30. The molecule has 0 radical (unpaired) electrons. The summed E-state index contributed by atoms with van der Waals surface area (Å²) in [6.45, 7) is 0.492. The minimum Gasteiger partial charge on any atom is -0.493 e. The monoisotopic (exact) mass is 376 g/mol. The molecular formula is C23H24N2O3. The van der Waals surface area contributed by atoms with Gasteiger partial charge in [0.1, 0.15) is 18.9 Å². The second kappa shape index (κ2) is 8.23. The van der Waals surface area contributed by atoms with Crippen LogP contribution >= 0.6 is 0 Å². The van der Waals surface area contributed by atoms with Gasteiger partial charge in [-0.3, -0.25) is 0 Å². The molecule has 0 saturated heterocycles. The van der Waals surface area contributed by atoms with E-state index in [-0.39, 0.29) is 12.3 Å². The first-order valence-electron chi connectivity index (χ1n) is 9.27. The molecule has 0 fully saturated rings. The molecule has 0 amide bonds. The summed E-state index contributed by atoms with van der Waals surface area (Å²) in [5.41, 5.74) is 4.40. The fraction of sp³-hybridized carbons (Fsp3) is 0.217. The third kappa shape index (κ3) is 3.62. The SMILES string of the molecule is COc1cc(C(OC)C2=CNC3NC=CC=C23)ccc1OCc1ccccc1. The van der Waals surface area contributed by atoms with Gasteiger partial charge < -0.3 is 24.8 Å². The van der Waals surface area contributed by atoms with Crippen molar-refractivity contribution in [2.75, 3.05) is 14.2 Å². The van der Waals surface area contributed by atoms with Crippen molar-refractivity contribution in [3.8, 4) is 11.5 Å². The summed E-state index contributed by atoms with van der Waals surface area (Å²) in [5, 5.41) is 6.64. The average molecular weight is 376 g/mol. The Morgan fingerprint density at radius 1 is 1.00 bits per heavy atom. The van der Waals surface area contributed by atoms with Gasteiger partial charge in [-0.15, -0.1) is 0 Å². The molecule has 0 aliphatic carbocycles. The maximum absolute atomic E-state index is 5.97. The van der Waals surface area contributed by atoms with Gasteiger partial charge in [-0.05, 0) is 35.5 Å². The van der Waals surface area contributed by atoms with Crippen LogP contribution in [-0.4, -0.2) is 20.4 Å². The molecule has 5 nitrogen and oxygen atoms in total. The van der Waals surface area contributed by atoms with Crippen molar-refractivity contribution in [3.05, 3.63) is 95.4 Å². The Balaban J connectivity index is 1.56. The molecule has 4 rings (SSSR count). The summed E-state index contributed by atoms with van der Waals surface area (Å²) in [5.74, 6) is 1.40. The molecule has 2 aliphatic rings. The number of allylic oxidation sites excluding steroid dienone is 2. The van der Waals surface area contributed by atoms with Crippen molar-refractivity contribution >= 4 is 0 Å². The normalized spacial score (nSPS) is 18.3. The number of benzene rings is 2. The predicted octanol–water partition coefficient (Wildman–Crippen LogP) is 3.82. The van der Waals surface area contributed by atoms with Crippen LogP contribution in [0.25, 0.3) is 0 Å². The van der Waals surface area contributed by atoms with Crippen LogP contribution in [0.5, 0.6) is 11.5 Å². The van der Waals surface area contributed by atoms with Crippen molar-refractivity contribution in [3.63, 3.8) is 0 Å². The first-order chi connectivity index (χ1) is 13.8. The summed E-state index contributed by atoms with van der Waals surface area (Å²) in [6.07, 6.45) is 7.94. The van der Waals surface area contributed by atoms with Gasteiger partial charge in [-0.1, -0.05) is 42.5 Å². The van der Waals surface area contributed by atoms with Crippen molar-refractivity contribution < 1.29 is 14.2 Å². The summed E-state index contributed by atoms with van der Waals surface area (Å²) < 4.78 is 17.4. The fourth-order valence-electron chi connectivity index (χ4n) is 3.52. The van der Waals surface area contributed by atoms with E-state index >= 15 is 0 Å². The van der Waals surface area contributed by atoms with E-state index in [1.54, 1.807) is 14.2 Å². The van der Waals surface area contributed by atoms with Crippen LogP contribution in [0.15, 0.2) is 84.2 Å². The smallest absolute Gasteiger partial charge is 0.161 e. The minimum absolute atomic E-state index is 0.0908. The fourth-order valence-corrected chi connectivity index (χ4v) is 3.52. The lowest BCUT2D eigenvalue weighted by molar-refractivity contribution is 0.134. The number of nitrogens with one attached hydrogen (secondary N) is 2. The molecule has 2 heterocycles. The van der Waals surface area contributed by atoms with Gasteiger partial charge in [-0.2, -0.15) is 0 Å². The highest BCUT2D eigenvalue weighted by molar-refractivity contribution is 5.51. The Hall–Kier alpha value is -3.18. The van der Waals surface area contributed by atoms with Crippen molar-refractivity contribution in [2.24, 2.45) is 0 Å². The largest absolute Gasteiger partial charge is 0.493 e. The van der Waals surface area contributed by atoms with Crippen LogP contribution in [-0.2, 0) is 11.3 Å². The van der Waals surface area contributed by atoms with E-state index < -0.39 is 0 Å². The Bertz CT molecular complexity index is 919. The lowest BCUT2D eigenvalue weighted by Crippen LogP contribution is -2.35. The van der Waals surface area contributed by atoms with Crippen LogP contribution in [0, 0.1) is 0 Å². The first-order valence-corrected chi connectivity index (χ1v) is 9.27. The van der Waals surface area contributed by atoms with Gasteiger partial charge in [0, 0.05) is 24.5 Å². The lowest BCUT2D eigenvalue weighted by Gasteiger charge is -2.23. The Morgan fingerprint density at radius 3 is 2.64 bits per heavy atom. The Labute approximate surface area is 165 Å². The molecule has 2 atom stereocenters. The zero-order chi connectivity index (χ0) is 19.3. The Kier molecular flexibility index (Phi) is 5.35. The van der Waals surface area contributed by atoms with E-state index in [2.05, 4.69) is 16.7 Å². The van der Waals surface area contributed by atoms with E-state index in [1.807, 2.05) is 67.0 Å². The molecule has 5 heteroatoms. The third-order valence-corrected chi connectivity index (χ3v) is 4.93. The lowest BCUT2D eigenvalue weighted by atomic mass is 9.94. The molecule has 144 valence electrons. The molecule has 2 aromatic rings. The number of dihydropyridines is 1. The van der Waals surface area contributed by atoms with Crippen LogP contribution in [0.3, 0.4) is 0 Å². The van der Waals surface area contributed by atoms with Crippen LogP contribution in [0.4, 0.5) is 0 Å². The molecular weight excluding hydrogens is 352 g/mol. The predicted molar refractivity (Wildman–Crippen MR) is 109 cm³/mol. The van der Waals surface area contributed by atoms with Crippen molar-refractivity contribution in [2.45, 2.75) is 18.9 Å². The summed E-state index contributed by atoms with van der Waals surface area (Å²) in [7, 11) is 3.37. The second-order valence-electron chi connectivity index (χ2n) is 6.65. The first kappa shape index (κ1) is 18.2. The zero-order valence-corrected chi connectivity index (χ0v) is 16.0. The molecule has 2 aromatic carbocycles. The zero-order valence-electron chi connectivity index (χ0n) is 16.0. The van der Waals surface area contributed by atoms with Crippen molar-refractivity contribution in [1.82, 2.24) is 10.6 Å². The van der Waals surface area contributed by atoms with E-state index in [4.69, 9.17) is 14.2 Å². The number of hydrogen-bond donors (Lipinski definition) is 2. The van der Waals surface area contributed by atoms with Crippen LogP contribution in [0.1, 0.15) is 17.2 Å². The molecule has 0 bridgehead atoms. The summed E-state index contributed by atoms with van der Waals surface area (Å²) >= 11 is 0.